The monoisotopic (exact) mass is 670 g/mol. The van der Waals surface area contributed by atoms with Crippen LogP contribution in [0.3, 0.4) is 0 Å². The van der Waals surface area contributed by atoms with Gasteiger partial charge in [-0.1, -0.05) is 91.0 Å². The van der Waals surface area contributed by atoms with Gasteiger partial charge in [-0.25, -0.2) is 9.78 Å². The first kappa shape index (κ1) is 33.4. The van der Waals surface area contributed by atoms with Crippen molar-refractivity contribution in [2.75, 3.05) is 24.4 Å². The normalized spacial score (nSPS) is 12.5. The van der Waals surface area contributed by atoms with Crippen molar-refractivity contribution in [3.8, 4) is 11.3 Å². The first-order chi connectivity index (χ1) is 24.0. The van der Waals surface area contributed by atoms with Crippen molar-refractivity contribution in [2.24, 2.45) is 0 Å². The third kappa shape index (κ3) is 7.17. The van der Waals surface area contributed by atoms with Crippen LogP contribution in [0.25, 0.3) is 11.3 Å². The number of hydrogen-bond donors (Lipinski definition) is 3. The van der Waals surface area contributed by atoms with Gasteiger partial charge >= 0.3 is 5.97 Å². The number of esters is 1. The second-order valence-electron chi connectivity index (χ2n) is 11.6. The maximum atomic E-state index is 13.0. The molecule has 248 valence electrons. The number of anilines is 1. The van der Waals surface area contributed by atoms with E-state index in [9.17, 15) is 9.59 Å². The largest absolute Gasteiger partial charge is 0.467 e. The molecule has 0 saturated heterocycles. The topological polar surface area (TPSA) is 109 Å². The van der Waals surface area contributed by atoms with Gasteiger partial charge in [-0.05, 0) is 71.5 Å². The number of H-pyrrole nitrogens is 1. The van der Waals surface area contributed by atoms with Gasteiger partial charge in [0.1, 0.15) is 11.8 Å². The van der Waals surface area contributed by atoms with Crippen LogP contribution in [0.4, 0.5) is 5.69 Å². The van der Waals surface area contributed by atoms with Crippen molar-refractivity contribution in [1.29, 1.82) is 0 Å². The van der Waals surface area contributed by atoms with Crippen LogP contribution < -0.4 is 10.6 Å². The van der Waals surface area contributed by atoms with E-state index in [4.69, 9.17) is 9.15 Å². The minimum atomic E-state index is -0.749. The van der Waals surface area contributed by atoms with Crippen LogP contribution in [0.1, 0.15) is 45.4 Å². The minimum absolute atomic E-state index is 0.118. The summed E-state index contributed by atoms with van der Waals surface area (Å²) in [5, 5.41) is 6.61. The Morgan fingerprint density at radius 2 is 1.43 bits per heavy atom. The van der Waals surface area contributed by atoms with Crippen LogP contribution in [-0.4, -0.2) is 47.0 Å². The molecule has 6 aromatic rings. The number of methoxy groups -OCH3 is 1. The lowest BCUT2D eigenvalue weighted by atomic mass is 9.63. The van der Waals surface area contributed by atoms with E-state index in [-0.39, 0.29) is 11.8 Å². The molecule has 0 bridgehead atoms. The SMILES string of the molecule is COC(=O)C(CCSC)NC(=O)c1ccc(-c2ccc(NC(c3cnc[nH]3)C(c3ccccc3)(c3ccccc3)c3ccccc3)cc2)o1. The van der Waals surface area contributed by atoms with Crippen LogP contribution in [0.15, 0.2) is 144 Å². The number of benzene rings is 4. The third-order valence-corrected chi connectivity index (χ3v) is 9.31. The molecule has 9 heteroatoms. The molecule has 2 aromatic heterocycles. The average molecular weight is 671 g/mol. The van der Waals surface area contributed by atoms with E-state index in [0.29, 0.717) is 17.9 Å². The Kier molecular flexibility index (Phi) is 10.6. The number of aromatic nitrogens is 2. The van der Waals surface area contributed by atoms with Gasteiger partial charge in [-0.15, -0.1) is 0 Å². The Balaban J connectivity index is 1.34. The molecular formula is C40H38N4O4S. The fourth-order valence-corrected chi connectivity index (χ4v) is 6.79. The standard InChI is InChI=1S/C40H38N4O4S/c1-47-39(46)33(24-25-49-2)44-38(45)36-23-22-35(48-36)28-18-20-32(21-19-28)43-37(34-26-41-27-42-34)40(29-12-6-3-7-13-29,30-14-8-4-9-15-30)31-16-10-5-11-17-31/h3-23,26-27,33,37,43H,24-25H2,1-2H3,(H,41,42)(H,44,45). The van der Waals surface area contributed by atoms with E-state index >= 15 is 0 Å². The highest BCUT2D eigenvalue weighted by molar-refractivity contribution is 7.98. The Morgan fingerprint density at radius 1 is 0.837 bits per heavy atom. The summed E-state index contributed by atoms with van der Waals surface area (Å²) in [4.78, 5) is 33.0. The molecule has 4 aromatic carbocycles. The number of aromatic amines is 1. The Bertz CT molecular complexity index is 1830. The number of hydrogen-bond acceptors (Lipinski definition) is 7. The molecule has 0 saturated carbocycles. The van der Waals surface area contributed by atoms with Gasteiger partial charge in [0.05, 0.1) is 36.8 Å². The molecule has 2 unspecified atom stereocenters. The minimum Gasteiger partial charge on any atom is -0.467 e. The third-order valence-electron chi connectivity index (χ3n) is 8.66. The summed E-state index contributed by atoms with van der Waals surface area (Å²) < 4.78 is 10.8. The zero-order valence-corrected chi connectivity index (χ0v) is 28.2. The zero-order valence-electron chi connectivity index (χ0n) is 27.3. The van der Waals surface area contributed by atoms with Crippen molar-refractivity contribution in [3.05, 3.63) is 168 Å². The summed E-state index contributed by atoms with van der Waals surface area (Å²) in [6.45, 7) is 0. The lowest BCUT2D eigenvalue weighted by molar-refractivity contribution is -0.142. The van der Waals surface area contributed by atoms with Crippen LogP contribution in [0.5, 0.6) is 0 Å². The lowest BCUT2D eigenvalue weighted by Gasteiger charge is -2.43. The van der Waals surface area contributed by atoms with E-state index < -0.39 is 23.3 Å². The number of rotatable bonds is 14. The van der Waals surface area contributed by atoms with Crippen molar-refractivity contribution in [1.82, 2.24) is 15.3 Å². The van der Waals surface area contributed by atoms with E-state index in [1.807, 2.05) is 54.9 Å². The maximum absolute atomic E-state index is 13.0. The second-order valence-corrected chi connectivity index (χ2v) is 12.5. The maximum Gasteiger partial charge on any atom is 0.328 e. The van der Waals surface area contributed by atoms with Gasteiger partial charge in [0, 0.05) is 11.3 Å². The number of ether oxygens (including phenoxy) is 1. The fourth-order valence-electron chi connectivity index (χ4n) is 6.32. The van der Waals surface area contributed by atoms with E-state index in [1.54, 1.807) is 30.2 Å². The van der Waals surface area contributed by atoms with Gasteiger partial charge in [0.25, 0.3) is 5.91 Å². The molecule has 0 fully saturated rings. The molecule has 0 radical (unpaired) electrons. The first-order valence-corrected chi connectivity index (χ1v) is 17.4. The molecule has 2 atom stereocenters. The quantitative estimate of drug-likeness (QED) is 0.0799. The average Bonchev–Trinajstić information content (AvgIpc) is 3.88. The van der Waals surface area contributed by atoms with Gasteiger partial charge in [0.2, 0.25) is 0 Å². The van der Waals surface area contributed by atoms with E-state index in [2.05, 4.69) is 93.4 Å². The molecule has 0 aliphatic carbocycles. The smallest absolute Gasteiger partial charge is 0.328 e. The number of carbonyl (C=O) groups is 2. The van der Waals surface area contributed by atoms with Crippen LogP contribution >= 0.6 is 11.8 Å². The molecule has 2 heterocycles. The Labute approximate surface area is 290 Å². The van der Waals surface area contributed by atoms with Crippen molar-refractivity contribution >= 4 is 29.3 Å². The van der Waals surface area contributed by atoms with Crippen LogP contribution in [0, 0.1) is 0 Å². The highest BCUT2D eigenvalue weighted by Crippen LogP contribution is 2.49. The second kappa shape index (κ2) is 15.6. The number of thioether (sulfide) groups is 1. The zero-order chi connectivity index (χ0) is 34.1. The highest BCUT2D eigenvalue weighted by atomic mass is 32.2. The summed E-state index contributed by atoms with van der Waals surface area (Å²) in [7, 11) is 1.31. The summed E-state index contributed by atoms with van der Waals surface area (Å²) in [6.07, 6.45) is 5.98. The van der Waals surface area contributed by atoms with Crippen molar-refractivity contribution in [2.45, 2.75) is 23.9 Å². The van der Waals surface area contributed by atoms with Crippen LogP contribution in [0.2, 0.25) is 0 Å². The number of furan rings is 1. The number of amides is 1. The van der Waals surface area contributed by atoms with Crippen LogP contribution in [-0.2, 0) is 14.9 Å². The summed E-state index contributed by atoms with van der Waals surface area (Å²) >= 11 is 1.59. The van der Waals surface area contributed by atoms with Gasteiger partial charge in [-0.3, -0.25) is 4.79 Å². The lowest BCUT2D eigenvalue weighted by Crippen LogP contribution is -2.41. The fraction of sp³-hybridized carbons (Fsp3) is 0.175. The molecule has 0 aliphatic rings. The van der Waals surface area contributed by atoms with E-state index in [0.717, 1.165) is 33.6 Å². The summed E-state index contributed by atoms with van der Waals surface area (Å²) in [6, 6.07) is 41.8. The molecule has 3 N–H and O–H groups in total. The van der Waals surface area contributed by atoms with Gasteiger partial charge in [-0.2, -0.15) is 11.8 Å². The molecule has 49 heavy (non-hydrogen) atoms. The Hall–Kier alpha value is -5.54. The predicted molar refractivity (Wildman–Crippen MR) is 195 cm³/mol. The predicted octanol–water partition coefficient (Wildman–Crippen LogP) is 7.88. The van der Waals surface area contributed by atoms with Gasteiger partial charge in [0.15, 0.2) is 5.76 Å². The van der Waals surface area contributed by atoms with E-state index in [1.165, 1.54) is 7.11 Å². The number of imidazole rings is 1. The first-order valence-electron chi connectivity index (χ1n) is 16.0. The molecule has 0 spiro atoms. The number of carbonyl (C=O) groups excluding carboxylic acids is 2. The Morgan fingerprint density at radius 3 is 1.94 bits per heavy atom. The van der Waals surface area contributed by atoms with Crippen molar-refractivity contribution < 1.29 is 18.7 Å². The molecule has 8 nitrogen and oxygen atoms in total. The number of nitrogens with one attached hydrogen (secondary N) is 3. The highest BCUT2D eigenvalue weighted by Gasteiger charge is 2.45. The summed E-state index contributed by atoms with van der Waals surface area (Å²) in [5.41, 5.74) is 5.33. The summed E-state index contributed by atoms with van der Waals surface area (Å²) in [5.74, 6) is 0.401. The molecular weight excluding hydrogens is 633 g/mol. The van der Waals surface area contributed by atoms with Crippen molar-refractivity contribution in [3.63, 3.8) is 0 Å². The molecule has 1 amide bonds. The molecule has 0 aliphatic heterocycles. The van der Waals surface area contributed by atoms with Gasteiger partial charge < -0.3 is 24.8 Å². The number of nitrogens with zero attached hydrogens (tertiary/aromatic N) is 1. The molecule has 6 rings (SSSR count).